The summed E-state index contributed by atoms with van der Waals surface area (Å²) in [7, 11) is 1.68. The van der Waals surface area contributed by atoms with Gasteiger partial charge in [-0.2, -0.15) is 0 Å². The summed E-state index contributed by atoms with van der Waals surface area (Å²) in [6.07, 6.45) is -0.342. The van der Waals surface area contributed by atoms with Gasteiger partial charge in [-0.05, 0) is 19.5 Å². The van der Waals surface area contributed by atoms with E-state index in [1.165, 1.54) is 12.5 Å². The smallest absolute Gasteiger partial charge is 0.409 e. The van der Waals surface area contributed by atoms with Gasteiger partial charge in [-0.15, -0.1) is 0 Å². The number of ketones is 1. The minimum absolute atomic E-state index is 0.0343. The maximum atomic E-state index is 12.1. The van der Waals surface area contributed by atoms with Gasteiger partial charge in [0, 0.05) is 32.7 Å². The van der Waals surface area contributed by atoms with E-state index in [1.807, 2.05) is 18.2 Å². The number of nitrogens with zero attached hydrogens (tertiary/aromatic N) is 2. The van der Waals surface area contributed by atoms with Crippen LogP contribution in [0.1, 0.15) is 12.5 Å². The molecule has 6 nitrogen and oxygen atoms in total. The van der Waals surface area contributed by atoms with Crippen LogP contribution >= 0.6 is 0 Å². The number of carbonyl (C=O) groups is 2. The Kier molecular flexibility index (Phi) is 6.55. The van der Waals surface area contributed by atoms with Gasteiger partial charge in [0.2, 0.25) is 0 Å². The van der Waals surface area contributed by atoms with E-state index in [9.17, 15) is 9.59 Å². The van der Waals surface area contributed by atoms with Crippen molar-refractivity contribution in [3.8, 4) is 0 Å². The van der Waals surface area contributed by atoms with Crippen molar-refractivity contribution in [3.63, 3.8) is 0 Å². The summed E-state index contributed by atoms with van der Waals surface area (Å²) in [6.45, 7) is 5.41. The monoisotopic (exact) mass is 319 g/mol. The second-order valence-electron chi connectivity index (χ2n) is 5.78. The number of rotatable bonds is 6. The van der Waals surface area contributed by atoms with Crippen LogP contribution < -0.4 is 5.32 Å². The van der Waals surface area contributed by atoms with Crippen molar-refractivity contribution in [1.82, 2.24) is 15.1 Å². The van der Waals surface area contributed by atoms with Crippen LogP contribution in [-0.2, 0) is 16.1 Å². The van der Waals surface area contributed by atoms with Crippen molar-refractivity contribution in [3.05, 3.63) is 35.9 Å². The quantitative estimate of drug-likeness (QED) is 0.851. The third kappa shape index (κ3) is 5.33. The lowest BCUT2D eigenvalue weighted by atomic mass is 10.2. The second-order valence-corrected chi connectivity index (χ2v) is 5.78. The molecule has 1 fully saturated rings. The number of ether oxygens (including phenoxy) is 1. The van der Waals surface area contributed by atoms with Crippen molar-refractivity contribution >= 4 is 11.9 Å². The summed E-state index contributed by atoms with van der Waals surface area (Å²) >= 11 is 0. The average molecular weight is 319 g/mol. The van der Waals surface area contributed by atoms with Crippen LogP contribution in [0, 0.1) is 0 Å². The minimum atomic E-state index is -0.432. The minimum Gasteiger partial charge on any atom is -0.447 e. The van der Waals surface area contributed by atoms with Crippen LogP contribution in [0.2, 0.25) is 0 Å². The number of nitrogens with one attached hydrogen (secondary N) is 1. The molecule has 1 heterocycles. The molecule has 1 atom stereocenters. The first-order valence-corrected chi connectivity index (χ1v) is 7.96. The van der Waals surface area contributed by atoms with Gasteiger partial charge in [-0.25, -0.2) is 4.79 Å². The molecule has 6 heteroatoms. The number of amides is 1. The van der Waals surface area contributed by atoms with Gasteiger partial charge in [0.15, 0.2) is 0 Å². The molecule has 1 amide bonds. The van der Waals surface area contributed by atoms with E-state index >= 15 is 0 Å². The van der Waals surface area contributed by atoms with E-state index in [-0.39, 0.29) is 18.5 Å². The lowest BCUT2D eigenvalue weighted by molar-refractivity contribution is -0.119. The van der Waals surface area contributed by atoms with E-state index in [4.69, 9.17) is 4.74 Å². The largest absolute Gasteiger partial charge is 0.447 e. The molecule has 0 spiro atoms. The van der Waals surface area contributed by atoms with Gasteiger partial charge in [-0.1, -0.05) is 30.3 Å². The summed E-state index contributed by atoms with van der Waals surface area (Å²) in [4.78, 5) is 27.4. The predicted octanol–water partition coefficient (Wildman–Crippen LogP) is 1.12. The Morgan fingerprint density at radius 3 is 2.39 bits per heavy atom. The zero-order chi connectivity index (χ0) is 16.7. The van der Waals surface area contributed by atoms with Crippen molar-refractivity contribution < 1.29 is 14.3 Å². The molecular formula is C17H25N3O3. The number of benzene rings is 1. The average Bonchev–Trinajstić information content (AvgIpc) is 2.56. The molecule has 0 aliphatic carbocycles. The number of likely N-dealkylation sites (N-methyl/N-ethyl adjacent to an activating group) is 1. The van der Waals surface area contributed by atoms with Gasteiger partial charge in [0.25, 0.3) is 0 Å². The number of carbonyl (C=O) groups excluding carboxylic acids is 2. The van der Waals surface area contributed by atoms with Gasteiger partial charge in [0.1, 0.15) is 18.4 Å². The third-order valence-corrected chi connectivity index (χ3v) is 4.09. The van der Waals surface area contributed by atoms with Crippen molar-refractivity contribution in [1.29, 1.82) is 0 Å². The number of piperazine rings is 1. The first kappa shape index (κ1) is 17.4. The maximum Gasteiger partial charge on any atom is 0.409 e. The molecule has 2 rings (SSSR count). The molecule has 0 saturated carbocycles. The van der Waals surface area contributed by atoms with E-state index in [1.54, 1.807) is 11.9 Å². The molecular weight excluding hydrogens is 294 g/mol. The van der Waals surface area contributed by atoms with Crippen LogP contribution in [0.15, 0.2) is 30.3 Å². The molecule has 0 radical (unpaired) electrons. The molecule has 1 aliphatic heterocycles. The Labute approximate surface area is 137 Å². The Morgan fingerprint density at radius 1 is 1.17 bits per heavy atom. The molecule has 1 unspecified atom stereocenters. The van der Waals surface area contributed by atoms with Crippen LogP contribution in [0.4, 0.5) is 4.79 Å². The fraction of sp³-hybridized carbons (Fsp3) is 0.529. The van der Waals surface area contributed by atoms with Gasteiger partial charge < -0.3 is 15.0 Å². The standard InChI is InChI=1S/C17H25N3O3/c1-14(21)16(18-2)13-23-17(22)20-10-8-19(9-11-20)12-15-6-4-3-5-7-15/h3-7,16,18H,8-13H2,1-2H3. The number of hydrogen-bond acceptors (Lipinski definition) is 5. The highest BCUT2D eigenvalue weighted by molar-refractivity contribution is 5.81. The Morgan fingerprint density at radius 2 is 1.83 bits per heavy atom. The lowest BCUT2D eigenvalue weighted by Crippen LogP contribution is -2.49. The topological polar surface area (TPSA) is 61.9 Å². The molecule has 23 heavy (non-hydrogen) atoms. The van der Waals surface area contributed by atoms with Crippen LogP contribution in [0.5, 0.6) is 0 Å². The molecule has 1 aromatic carbocycles. The summed E-state index contributed by atoms with van der Waals surface area (Å²) in [5.41, 5.74) is 1.28. The summed E-state index contributed by atoms with van der Waals surface area (Å²) in [5, 5.41) is 2.84. The fourth-order valence-corrected chi connectivity index (χ4v) is 2.58. The van der Waals surface area contributed by atoms with Crippen LogP contribution in [0.25, 0.3) is 0 Å². The molecule has 1 saturated heterocycles. The molecule has 0 bridgehead atoms. The van der Waals surface area contributed by atoms with Gasteiger partial charge >= 0.3 is 6.09 Å². The zero-order valence-electron chi connectivity index (χ0n) is 13.8. The molecule has 1 N–H and O–H groups in total. The fourth-order valence-electron chi connectivity index (χ4n) is 2.58. The Bertz CT molecular complexity index is 513. The highest BCUT2D eigenvalue weighted by atomic mass is 16.6. The Hall–Kier alpha value is -1.92. The van der Waals surface area contributed by atoms with Crippen molar-refractivity contribution in [2.45, 2.75) is 19.5 Å². The second kappa shape index (κ2) is 8.64. The van der Waals surface area contributed by atoms with Gasteiger partial charge in [0.05, 0.1) is 0 Å². The zero-order valence-corrected chi connectivity index (χ0v) is 13.8. The maximum absolute atomic E-state index is 12.1. The highest BCUT2D eigenvalue weighted by Gasteiger charge is 2.23. The van der Waals surface area contributed by atoms with Gasteiger partial charge in [-0.3, -0.25) is 9.69 Å². The van der Waals surface area contributed by atoms with Crippen molar-refractivity contribution in [2.75, 3.05) is 39.8 Å². The van der Waals surface area contributed by atoms with Crippen LogP contribution in [0.3, 0.4) is 0 Å². The molecule has 1 aliphatic rings. The molecule has 1 aromatic rings. The lowest BCUT2D eigenvalue weighted by Gasteiger charge is -2.34. The van der Waals surface area contributed by atoms with Crippen LogP contribution in [-0.4, -0.2) is 67.6 Å². The first-order valence-electron chi connectivity index (χ1n) is 7.96. The summed E-state index contributed by atoms with van der Waals surface area (Å²) in [5.74, 6) is -0.0343. The molecule has 126 valence electrons. The van der Waals surface area contributed by atoms with E-state index in [0.29, 0.717) is 13.1 Å². The number of hydrogen-bond donors (Lipinski definition) is 1. The van der Waals surface area contributed by atoms with Crippen molar-refractivity contribution in [2.24, 2.45) is 0 Å². The number of Topliss-reactive ketones (excluding diaryl/α,β-unsaturated/α-hetero) is 1. The summed E-state index contributed by atoms with van der Waals surface area (Å²) < 4.78 is 5.23. The predicted molar refractivity (Wildman–Crippen MR) is 88.2 cm³/mol. The molecule has 0 aromatic heterocycles. The normalized spacial score (nSPS) is 16.9. The van der Waals surface area contributed by atoms with E-state index < -0.39 is 6.04 Å². The van der Waals surface area contributed by atoms with E-state index in [0.717, 1.165) is 19.6 Å². The Balaban J connectivity index is 1.73. The SMILES string of the molecule is CNC(COC(=O)N1CCN(Cc2ccccc2)CC1)C(C)=O. The third-order valence-electron chi connectivity index (χ3n) is 4.09. The first-order chi connectivity index (χ1) is 11.1. The van der Waals surface area contributed by atoms with E-state index in [2.05, 4.69) is 22.3 Å². The summed E-state index contributed by atoms with van der Waals surface area (Å²) in [6, 6.07) is 9.88. The highest BCUT2D eigenvalue weighted by Crippen LogP contribution is 2.09.